The molecule has 0 amide bonds. The summed E-state index contributed by atoms with van der Waals surface area (Å²) in [6.45, 7) is 4.01. The van der Waals surface area contributed by atoms with Crippen molar-refractivity contribution >= 4 is 11.6 Å². The standard InChI is InChI=1S/C13H16ClN3O/c1-9(2)17-13(11(14)8-16-17)12(18)7-10-3-5-15-6-4-10/h3-6,8-9,12,18H,7H2,1-2H3. The maximum Gasteiger partial charge on any atom is 0.101 e. The van der Waals surface area contributed by atoms with Crippen molar-refractivity contribution in [3.05, 3.63) is 47.0 Å². The molecule has 4 nitrogen and oxygen atoms in total. The van der Waals surface area contributed by atoms with Crippen LogP contribution in [0.5, 0.6) is 0 Å². The van der Waals surface area contributed by atoms with Crippen LogP contribution in [0.1, 0.15) is 37.3 Å². The normalized spacial score (nSPS) is 12.9. The number of aliphatic hydroxyl groups is 1. The van der Waals surface area contributed by atoms with E-state index in [0.29, 0.717) is 17.1 Å². The molecule has 0 aliphatic carbocycles. The van der Waals surface area contributed by atoms with Gasteiger partial charge in [0.05, 0.1) is 16.9 Å². The smallest absolute Gasteiger partial charge is 0.101 e. The topological polar surface area (TPSA) is 50.9 Å². The summed E-state index contributed by atoms with van der Waals surface area (Å²) in [6, 6.07) is 3.93. The van der Waals surface area contributed by atoms with E-state index in [1.807, 2.05) is 26.0 Å². The summed E-state index contributed by atoms with van der Waals surface area (Å²) in [5, 5.41) is 15.0. The highest BCUT2D eigenvalue weighted by Crippen LogP contribution is 2.27. The van der Waals surface area contributed by atoms with Crippen LogP contribution in [0.4, 0.5) is 0 Å². The molecule has 2 rings (SSSR count). The van der Waals surface area contributed by atoms with Gasteiger partial charge in [0.2, 0.25) is 0 Å². The van der Waals surface area contributed by atoms with Crippen molar-refractivity contribution in [1.29, 1.82) is 0 Å². The Bertz CT molecular complexity index is 510. The van der Waals surface area contributed by atoms with Crippen LogP contribution >= 0.6 is 11.6 Å². The third kappa shape index (κ3) is 2.71. The summed E-state index contributed by atoms with van der Waals surface area (Å²) in [6.07, 6.45) is 4.84. The Labute approximate surface area is 111 Å². The molecule has 0 fully saturated rings. The highest BCUT2D eigenvalue weighted by molar-refractivity contribution is 6.31. The van der Waals surface area contributed by atoms with Gasteiger partial charge in [-0.1, -0.05) is 11.6 Å². The van der Waals surface area contributed by atoms with Gasteiger partial charge in [0.15, 0.2) is 0 Å². The van der Waals surface area contributed by atoms with E-state index < -0.39 is 6.10 Å². The third-order valence-corrected chi connectivity index (χ3v) is 3.06. The molecule has 0 radical (unpaired) electrons. The number of hydrogen-bond donors (Lipinski definition) is 1. The fourth-order valence-electron chi connectivity index (χ4n) is 1.91. The number of aromatic nitrogens is 3. The second-order valence-electron chi connectivity index (χ2n) is 4.49. The van der Waals surface area contributed by atoms with E-state index in [4.69, 9.17) is 11.6 Å². The van der Waals surface area contributed by atoms with Crippen molar-refractivity contribution in [2.24, 2.45) is 0 Å². The Kier molecular flexibility index (Phi) is 3.99. The molecule has 5 heteroatoms. The summed E-state index contributed by atoms with van der Waals surface area (Å²) < 4.78 is 1.76. The van der Waals surface area contributed by atoms with Crippen LogP contribution < -0.4 is 0 Å². The van der Waals surface area contributed by atoms with Gasteiger partial charge in [-0.05, 0) is 31.5 Å². The third-order valence-electron chi connectivity index (χ3n) is 2.77. The zero-order valence-electron chi connectivity index (χ0n) is 10.4. The lowest BCUT2D eigenvalue weighted by molar-refractivity contribution is 0.165. The number of pyridine rings is 1. The minimum absolute atomic E-state index is 0.166. The number of hydrogen-bond acceptors (Lipinski definition) is 3. The largest absolute Gasteiger partial charge is 0.386 e. The van der Waals surface area contributed by atoms with Gasteiger partial charge in [0, 0.05) is 24.9 Å². The number of nitrogens with zero attached hydrogens (tertiary/aromatic N) is 3. The summed E-state index contributed by atoms with van der Waals surface area (Å²) in [4.78, 5) is 3.95. The maximum absolute atomic E-state index is 10.3. The fraction of sp³-hybridized carbons (Fsp3) is 0.385. The molecule has 2 aromatic heterocycles. The van der Waals surface area contributed by atoms with E-state index in [1.54, 1.807) is 23.3 Å². The van der Waals surface area contributed by atoms with Crippen LogP contribution in [0.15, 0.2) is 30.7 Å². The molecular formula is C13H16ClN3O. The average Bonchev–Trinajstić information content (AvgIpc) is 2.72. The van der Waals surface area contributed by atoms with Crippen molar-refractivity contribution < 1.29 is 5.11 Å². The maximum atomic E-state index is 10.3. The Morgan fingerprint density at radius 2 is 2.00 bits per heavy atom. The van der Waals surface area contributed by atoms with Crippen LogP contribution in [0.3, 0.4) is 0 Å². The van der Waals surface area contributed by atoms with Gasteiger partial charge in [-0.2, -0.15) is 5.10 Å². The van der Waals surface area contributed by atoms with Gasteiger partial charge in [0.25, 0.3) is 0 Å². The molecule has 1 unspecified atom stereocenters. The minimum Gasteiger partial charge on any atom is -0.386 e. The molecule has 0 saturated heterocycles. The van der Waals surface area contributed by atoms with E-state index in [9.17, 15) is 5.11 Å². The molecule has 2 heterocycles. The molecule has 0 spiro atoms. The zero-order valence-corrected chi connectivity index (χ0v) is 11.2. The molecule has 0 saturated carbocycles. The van der Waals surface area contributed by atoms with E-state index in [1.165, 1.54) is 0 Å². The van der Waals surface area contributed by atoms with E-state index >= 15 is 0 Å². The van der Waals surface area contributed by atoms with Gasteiger partial charge >= 0.3 is 0 Å². The number of aliphatic hydroxyl groups excluding tert-OH is 1. The highest BCUT2D eigenvalue weighted by Gasteiger charge is 2.19. The predicted octanol–water partition coefficient (Wildman–Crippen LogP) is 2.79. The fourth-order valence-corrected chi connectivity index (χ4v) is 2.17. The van der Waals surface area contributed by atoms with Gasteiger partial charge in [-0.3, -0.25) is 9.67 Å². The summed E-state index contributed by atoms with van der Waals surface area (Å²) in [5.74, 6) is 0. The number of rotatable bonds is 4. The van der Waals surface area contributed by atoms with Crippen LogP contribution in [-0.2, 0) is 6.42 Å². The van der Waals surface area contributed by atoms with E-state index in [2.05, 4.69) is 10.1 Å². The molecule has 0 aromatic carbocycles. The predicted molar refractivity (Wildman–Crippen MR) is 70.5 cm³/mol. The van der Waals surface area contributed by atoms with Crippen LogP contribution in [0, 0.1) is 0 Å². The van der Waals surface area contributed by atoms with Crippen molar-refractivity contribution in [2.75, 3.05) is 0 Å². The second-order valence-corrected chi connectivity index (χ2v) is 4.90. The van der Waals surface area contributed by atoms with E-state index in [0.717, 1.165) is 5.56 Å². The van der Waals surface area contributed by atoms with Crippen molar-refractivity contribution in [3.63, 3.8) is 0 Å². The zero-order chi connectivity index (χ0) is 13.1. The van der Waals surface area contributed by atoms with Crippen LogP contribution in [0.2, 0.25) is 5.02 Å². The lowest BCUT2D eigenvalue weighted by Crippen LogP contribution is -2.13. The Balaban J connectivity index is 2.23. The summed E-state index contributed by atoms with van der Waals surface area (Å²) in [7, 11) is 0. The van der Waals surface area contributed by atoms with Gasteiger partial charge < -0.3 is 5.11 Å². The molecule has 1 atom stereocenters. The van der Waals surface area contributed by atoms with Gasteiger partial charge in [-0.25, -0.2) is 0 Å². The first-order valence-corrected chi connectivity index (χ1v) is 6.27. The monoisotopic (exact) mass is 265 g/mol. The number of halogens is 1. The van der Waals surface area contributed by atoms with Crippen LogP contribution in [-0.4, -0.2) is 19.9 Å². The Hall–Kier alpha value is -1.39. The van der Waals surface area contributed by atoms with Crippen LogP contribution in [0.25, 0.3) is 0 Å². The van der Waals surface area contributed by atoms with Gasteiger partial charge in [0.1, 0.15) is 6.10 Å². The molecule has 0 aliphatic heterocycles. The molecule has 18 heavy (non-hydrogen) atoms. The Morgan fingerprint density at radius 1 is 1.33 bits per heavy atom. The first-order chi connectivity index (χ1) is 8.59. The first kappa shape index (κ1) is 13.1. The SMILES string of the molecule is CC(C)n1ncc(Cl)c1C(O)Cc1ccncc1. The summed E-state index contributed by atoms with van der Waals surface area (Å²) >= 11 is 6.09. The minimum atomic E-state index is -0.662. The van der Waals surface area contributed by atoms with Crippen molar-refractivity contribution in [3.8, 4) is 0 Å². The van der Waals surface area contributed by atoms with Crippen molar-refractivity contribution in [1.82, 2.24) is 14.8 Å². The molecular weight excluding hydrogens is 250 g/mol. The second kappa shape index (κ2) is 5.50. The van der Waals surface area contributed by atoms with Gasteiger partial charge in [-0.15, -0.1) is 0 Å². The van der Waals surface area contributed by atoms with Crippen molar-refractivity contribution in [2.45, 2.75) is 32.4 Å². The molecule has 0 bridgehead atoms. The molecule has 1 N–H and O–H groups in total. The molecule has 96 valence electrons. The first-order valence-electron chi connectivity index (χ1n) is 5.89. The Morgan fingerprint density at radius 3 is 2.61 bits per heavy atom. The van der Waals surface area contributed by atoms with E-state index in [-0.39, 0.29) is 6.04 Å². The average molecular weight is 266 g/mol. The quantitative estimate of drug-likeness (QED) is 0.925. The highest BCUT2D eigenvalue weighted by atomic mass is 35.5. The lowest BCUT2D eigenvalue weighted by atomic mass is 10.1. The summed E-state index contributed by atoms with van der Waals surface area (Å²) in [5.41, 5.74) is 1.69. The molecule has 2 aromatic rings. The molecule has 0 aliphatic rings. The lowest BCUT2D eigenvalue weighted by Gasteiger charge is -2.16.